The van der Waals surface area contributed by atoms with E-state index in [2.05, 4.69) is 0 Å². The third-order valence-corrected chi connectivity index (χ3v) is 1.13. The van der Waals surface area contributed by atoms with Crippen LogP contribution in [0.4, 0.5) is 4.39 Å². The van der Waals surface area contributed by atoms with Gasteiger partial charge in [-0.1, -0.05) is 0 Å². The van der Waals surface area contributed by atoms with Gasteiger partial charge < -0.3 is 20.4 Å². The lowest BCUT2D eigenvalue weighted by Gasteiger charge is -1.91. The maximum atomic E-state index is 12.2. The van der Waals surface area contributed by atoms with E-state index in [1.165, 1.54) is 24.3 Å². The Balaban J connectivity index is 0.000000336. The van der Waals surface area contributed by atoms with Gasteiger partial charge in [-0.15, -0.1) is 0 Å². The van der Waals surface area contributed by atoms with Crippen molar-refractivity contribution < 1.29 is 28.4 Å². The summed E-state index contributed by atoms with van der Waals surface area (Å²) >= 11 is 0. The molecule has 0 fully saturated rings. The highest BCUT2D eigenvalue weighted by Crippen LogP contribution is 2.25. The average molecular weight is 237 g/mol. The molecule has 1 rings (SSSR count). The van der Waals surface area contributed by atoms with Gasteiger partial charge in [0.2, 0.25) is 5.91 Å². The maximum Gasteiger partial charge on any atom is 0.466 e. The van der Waals surface area contributed by atoms with Gasteiger partial charge in [-0.2, -0.15) is 0 Å². The Morgan fingerprint density at radius 3 is 1.80 bits per heavy atom. The second-order valence-electron chi connectivity index (χ2n) is 2.38. The van der Waals surface area contributed by atoms with Crippen LogP contribution in [0.15, 0.2) is 24.3 Å². The largest absolute Gasteiger partial charge is 0.466 e. The van der Waals surface area contributed by atoms with Gasteiger partial charge in [-0.25, -0.2) is 8.96 Å². The molecule has 0 spiro atoms. The summed E-state index contributed by atoms with van der Waals surface area (Å²) in [4.78, 5) is 32.0. The zero-order chi connectivity index (χ0) is 12.1. The molecule has 1 aromatic rings. The molecule has 0 aliphatic heterocycles. The zero-order valence-electron chi connectivity index (χ0n) is 7.37. The van der Waals surface area contributed by atoms with Crippen molar-refractivity contribution in [2.75, 3.05) is 0 Å². The quantitative estimate of drug-likeness (QED) is 0.512. The predicted octanol–water partition coefficient (Wildman–Crippen LogP) is -0.00400. The number of hydrogen-bond donors (Lipinski definition) is 4. The van der Waals surface area contributed by atoms with Crippen molar-refractivity contribution in [3.05, 3.63) is 35.6 Å². The molecule has 0 bridgehead atoms. The highest BCUT2D eigenvalue weighted by Gasteiger charge is 2.00. The fourth-order valence-corrected chi connectivity index (χ4v) is 0.614. The summed E-state index contributed by atoms with van der Waals surface area (Å²) in [7, 11) is -4.64. The van der Waals surface area contributed by atoms with Crippen molar-refractivity contribution in [1.29, 1.82) is 0 Å². The molecule has 0 radical (unpaired) electrons. The van der Waals surface area contributed by atoms with Crippen molar-refractivity contribution in [3.63, 3.8) is 0 Å². The van der Waals surface area contributed by atoms with Crippen LogP contribution in [0.1, 0.15) is 10.4 Å². The van der Waals surface area contributed by atoms with Crippen LogP contribution >= 0.6 is 7.82 Å². The molecule has 0 heterocycles. The molecule has 0 aliphatic rings. The van der Waals surface area contributed by atoms with Crippen molar-refractivity contribution in [2.24, 2.45) is 5.73 Å². The molecule has 84 valence electrons. The van der Waals surface area contributed by atoms with E-state index in [1.54, 1.807) is 0 Å². The number of phosphoric acid groups is 1. The van der Waals surface area contributed by atoms with Crippen molar-refractivity contribution in [1.82, 2.24) is 0 Å². The smallest absolute Gasteiger partial charge is 0.366 e. The molecule has 0 aromatic heterocycles. The van der Waals surface area contributed by atoms with Crippen LogP contribution in [0, 0.1) is 5.82 Å². The molecule has 6 nitrogen and oxygen atoms in total. The highest BCUT2D eigenvalue weighted by atomic mass is 31.2. The van der Waals surface area contributed by atoms with Crippen LogP contribution in [-0.4, -0.2) is 20.6 Å². The van der Waals surface area contributed by atoms with Gasteiger partial charge in [-0.05, 0) is 24.3 Å². The fraction of sp³-hybridized carbons (Fsp3) is 0. The van der Waals surface area contributed by atoms with Crippen LogP contribution in [0.25, 0.3) is 0 Å². The first-order valence-corrected chi connectivity index (χ1v) is 5.10. The molecule has 5 N–H and O–H groups in total. The van der Waals surface area contributed by atoms with E-state index in [4.69, 9.17) is 25.0 Å². The minimum Gasteiger partial charge on any atom is -0.366 e. The number of nitrogens with two attached hydrogens (primary N) is 1. The lowest BCUT2D eigenvalue weighted by Crippen LogP contribution is -2.10. The van der Waals surface area contributed by atoms with E-state index in [0.29, 0.717) is 5.56 Å². The monoisotopic (exact) mass is 237 g/mol. The van der Waals surface area contributed by atoms with Gasteiger partial charge in [-0.3, -0.25) is 4.79 Å². The first-order valence-electron chi connectivity index (χ1n) is 3.54. The topological polar surface area (TPSA) is 121 Å². The van der Waals surface area contributed by atoms with E-state index in [-0.39, 0.29) is 5.82 Å². The first-order chi connectivity index (χ1) is 6.70. The average Bonchev–Trinajstić information content (AvgIpc) is 2.01. The highest BCUT2D eigenvalue weighted by molar-refractivity contribution is 7.45. The standard InChI is InChI=1S/C7H6FNO.H3O4P/c8-6-3-1-5(2-4-6)7(9)10;1-5(2,3)4/h1-4H,(H2,9,10);(H3,1,2,3,4). The number of hydrogen-bond acceptors (Lipinski definition) is 2. The summed E-state index contributed by atoms with van der Waals surface area (Å²) in [6.45, 7) is 0. The Morgan fingerprint density at radius 1 is 1.20 bits per heavy atom. The van der Waals surface area contributed by atoms with Crippen molar-refractivity contribution in [3.8, 4) is 0 Å². The van der Waals surface area contributed by atoms with Gasteiger partial charge in [0.15, 0.2) is 0 Å². The van der Waals surface area contributed by atoms with Gasteiger partial charge in [0.1, 0.15) is 5.82 Å². The predicted molar refractivity (Wildman–Crippen MR) is 49.2 cm³/mol. The lowest BCUT2D eigenvalue weighted by molar-refractivity contribution is 0.1000. The first kappa shape index (κ1) is 13.7. The number of primary amides is 1. The Morgan fingerprint density at radius 2 is 1.53 bits per heavy atom. The molecular weight excluding hydrogens is 228 g/mol. The third-order valence-electron chi connectivity index (χ3n) is 1.13. The summed E-state index contributed by atoms with van der Waals surface area (Å²) in [6, 6.07) is 5.08. The van der Waals surface area contributed by atoms with Crippen LogP contribution in [0.2, 0.25) is 0 Å². The minimum absolute atomic E-state index is 0.321. The van der Waals surface area contributed by atoms with E-state index in [0.717, 1.165) is 0 Å². The molecular formula is C7H9FNO5P. The summed E-state index contributed by atoms with van der Waals surface area (Å²) < 4.78 is 21.1. The minimum atomic E-state index is -4.64. The summed E-state index contributed by atoms with van der Waals surface area (Å²) in [6.07, 6.45) is 0. The number of carbonyl (C=O) groups excluding carboxylic acids is 1. The zero-order valence-corrected chi connectivity index (χ0v) is 8.26. The van der Waals surface area contributed by atoms with Crippen LogP contribution in [-0.2, 0) is 4.57 Å². The number of benzene rings is 1. The number of halogens is 1. The van der Waals surface area contributed by atoms with Crippen LogP contribution in [0.3, 0.4) is 0 Å². The normalized spacial score (nSPS) is 10.1. The van der Waals surface area contributed by atoms with Gasteiger partial charge in [0, 0.05) is 5.56 Å². The molecule has 0 aliphatic carbocycles. The van der Waals surface area contributed by atoms with E-state index >= 15 is 0 Å². The van der Waals surface area contributed by atoms with E-state index in [9.17, 15) is 9.18 Å². The van der Waals surface area contributed by atoms with Crippen molar-refractivity contribution in [2.45, 2.75) is 0 Å². The summed E-state index contributed by atoms with van der Waals surface area (Å²) in [5.74, 6) is -0.912. The second-order valence-corrected chi connectivity index (χ2v) is 3.41. The molecule has 1 aromatic carbocycles. The molecule has 0 unspecified atom stereocenters. The van der Waals surface area contributed by atoms with Gasteiger partial charge in [0.25, 0.3) is 0 Å². The van der Waals surface area contributed by atoms with Gasteiger partial charge in [0.05, 0.1) is 0 Å². The molecule has 8 heteroatoms. The molecule has 0 saturated carbocycles. The second kappa shape index (κ2) is 5.57. The fourth-order valence-electron chi connectivity index (χ4n) is 0.614. The molecule has 15 heavy (non-hydrogen) atoms. The van der Waals surface area contributed by atoms with E-state index < -0.39 is 13.7 Å². The Bertz CT molecular complexity index is 365. The number of rotatable bonds is 1. The van der Waals surface area contributed by atoms with Crippen LogP contribution in [0.5, 0.6) is 0 Å². The molecule has 1 amide bonds. The molecule has 0 saturated heterocycles. The Labute approximate surface area is 84.4 Å². The summed E-state index contributed by atoms with van der Waals surface area (Å²) in [5, 5.41) is 0. The molecule has 0 atom stereocenters. The SMILES string of the molecule is NC(=O)c1ccc(F)cc1.O=P(O)(O)O. The maximum absolute atomic E-state index is 12.2. The Kier molecular flexibility index (Phi) is 5.10. The number of carbonyl (C=O) groups is 1. The third kappa shape index (κ3) is 9.04. The van der Waals surface area contributed by atoms with Crippen LogP contribution < -0.4 is 5.73 Å². The van der Waals surface area contributed by atoms with E-state index in [1.807, 2.05) is 0 Å². The summed E-state index contributed by atoms with van der Waals surface area (Å²) in [5.41, 5.74) is 5.22. The number of amides is 1. The lowest BCUT2D eigenvalue weighted by atomic mass is 10.2. The van der Waals surface area contributed by atoms with Crippen molar-refractivity contribution >= 4 is 13.7 Å². The Hall–Kier alpha value is -1.27. The van der Waals surface area contributed by atoms with Gasteiger partial charge >= 0.3 is 7.82 Å².